The van der Waals surface area contributed by atoms with Gasteiger partial charge in [-0.25, -0.2) is 0 Å². The highest BCUT2D eigenvalue weighted by Crippen LogP contribution is 2.32. The summed E-state index contributed by atoms with van der Waals surface area (Å²) in [5.41, 5.74) is 5.03. The molecule has 0 radical (unpaired) electrons. The Morgan fingerprint density at radius 3 is 2.48 bits per heavy atom. The summed E-state index contributed by atoms with van der Waals surface area (Å²) in [5.74, 6) is -0.336. The van der Waals surface area contributed by atoms with Crippen molar-refractivity contribution < 1.29 is 9.90 Å². The molecule has 0 bridgehead atoms. The number of aromatic amines is 1. The number of aliphatic carboxylic acids is 1. The summed E-state index contributed by atoms with van der Waals surface area (Å²) in [5, 5.41) is 10.3. The second kappa shape index (κ2) is 6.35. The first kappa shape index (κ1) is 16.1. The Kier molecular flexibility index (Phi) is 4.43. The first-order chi connectivity index (χ1) is 11.0. The van der Waals surface area contributed by atoms with E-state index < -0.39 is 5.97 Å². The molecule has 0 fully saturated rings. The van der Waals surface area contributed by atoms with Crippen molar-refractivity contribution in [1.29, 1.82) is 0 Å². The molecule has 0 unspecified atom stereocenters. The van der Waals surface area contributed by atoms with Gasteiger partial charge in [0.25, 0.3) is 0 Å². The van der Waals surface area contributed by atoms with Crippen LogP contribution in [0, 0.1) is 3.57 Å². The maximum atomic E-state index is 11.3. The highest BCUT2D eigenvalue weighted by molar-refractivity contribution is 14.1. The van der Waals surface area contributed by atoms with Crippen LogP contribution >= 0.6 is 22.6 Å². The fraction of sp³-hybridized carbons (Fsp3) is 0.211. The monoisotopic (exact) mass is 419 g/mol. The zero-order valence-electron chi connectivity index (χ0n) is 13.1. The van der Waals surface area contributed by atoms with E-state index in [9.17, 15) is 9.90 Å². The minimum absolute atomic E-state index is 0.0152. The number of carbonyl (C=O) groups is 1. The lowest BCUT2D eigenvalue weighted by Crippen LogP contribution is -2.01. The SMILES string of the molecule is CC(C)c1ccc(-c2[nH]c3ccc(I)cc3c2CC(=O)O)cc1. The summed E-state index contributed by atoms with van der Waals surface area (Å²) in [6.07, 6.45) is 0.0152. The first-order valence-corrected chi connectivity index (χ1v) is 8.66. The number of H-pyrrole nitrogens is 1. The molecule has 0 saturated carbocycles. The zero-order chi connectivity index (χ0) is 16.6. The van der Waals surface area contributed by atoms with Gasteiger partial charge in [-0.1, -0.05) is 38.1 Å². The molecule has 0 aliphatic rings. The van der Waals surface area contributed by atoms with Crippen LogP contribution in [0.25, 0.3) is 22.2 Å². The first-order valence-electron chi connectivity index (χ1n) is 7.58. The Hall–Kier alpha value is -1.82. The topological polar surface area (TPSA) is 53.1 Å². The molecule has 0 amide bonds. The van der Waals surface area contributed by atoms with Crippen molar-refractivity contribution in [3.05, 3.63) is 57.2 Å². The summed E-state index contributed by atoms with van der Waals surface area (Å²) < 4.78 is 1.10. The second-order valence-corrected chi connectivity index (χ2v) is 7.26. The molecule has 0 atom stereocenters. The number of halogens is 1. The molecule has 23 heavy (non-hydrogen) atoms. The van der Waals surface area contributed by atoms with Crippen LogP contribution in [0.5, 0.6) is 0 Å². The predicted octanol–water partition coefficient (Wildman–Crippen LogP) is 5.19. The molecule has 4 heteroatoms. The lowest BCUT2D eigenvalue weighted by Gasteiger charge is -2.07. The summed E-state index contributed by atoms with van der Waals surface area (Å²) in [4.78, 5) is 14.7. The molecule has 2 N–H and O–H groups in total. The van der Waals surface area contributed by atoms with Gasteiger partial charge in [0, 0.05) is 14.5 Å². The molecule has 0 aliphatic heterocycles. The number of fused-ring (bicyclic) bond motifs is 1. The number of carboxylic acids is 1. The third-order valence-corrected chi connectivity index (χ3v) is 4.73. The van der Waals surface area contributed by atoms with Crippen molar-refractivity contribution in [2.45, 2.75) is 26.2 Å². The summed E-state index contributed by atoms with van der Waals surface area (Å²) in [6, 6.07) is 14.4. The minimum Gasteiger partial charge on any atom is -0.481 e. The van der Waals surface area contributed by atoms with Crippen molar-refractivity contribution >= 4 is 39.5 Å². The van der Waals surface area contributed by atoms with Crippen molar-refractivity contribution in [1.82, 2.24) is 4.98 Å². The number of aromatic nitrogens is 1. The van der Waals surface area contributed by atoms with Gasteiger partial charge in [0.2, 0.25) is 0 Å². The molecule has 1 heterocycles. The normalized spacial score (nSPS) is 11.3. The van der Waals surface area contributed by atoms with E-state index in [1.54, 1.807) is 0 Å². The quantitative estimate of drug-likeness (QED) is 0.572. The van der Waals surface area contributed by atoms with Crippen LogP contribution in [0.2, 0.25) is 0 Å². The molecular weight excluding hydrogens is 401 g/mol. The summed E-state index contributed by atoms with van der Waals surface area (Å²) >= 11 is 2.25. The van der Waals surface area contributed by atoms with Crippen molar-refractivity contribution in [2.75, 3.05) is 0 Å². The number of carboxylic acid groups (broad SMARTS) is 1. The average Bonchev–Trinajstić information content (AvgIpc) is 2.85. The van der Waals surface area contributed by atoms with Crippen molar-refractivity contribution in [3.63, 3.8) is 0 Å². The van der Waals surface area contributed by atoms with E-state index in [0.717, 1.165) is 31.3 Å². The number of hydrogen-bond acceptors (Lipinski definition) is 1. The summed E-state index contributed by atoms with van der Waals surface area (Å²) in [7, 11) is 0. The molecule has 2 aromatic carbocycles. The Labute approximate surface area is 148 Å². The average molecular weight is 419 g/mol. The van der Waals surface area contributed by atoms with E-state index >= 15 is 0 Å². The van der Waals surface area contributed by atoms with Gasteiger partial charge in [-0.05, 0) is 63.4 Å². The Bertz CT molecular complexity index is 863. The van der Waals surface area contributed by atoms with Crippen LogP contribution in [-0.4, -0.2) is 16.1 Å². The Balaban J connectivity index is 2.17. The number of hydrogen-bond donors (Lipinski definition) is 2. The molecule has 0 saturated heterocycles. The van der Waals surface area contributed by atoms with Gasteiger partial charge < -0.3 is 10.1 Å². The van der Waals surface area contributed by atoms with Crippen LogP contribution in [0.1, 0.15) is 30.9 Å². The third-order valence-electron chi connectivity index (χ3n) is 4.06. The predicted molar refractivity (Wildman–Crippen MR) is 102 cm³/mol. The van der Waals surface area contributed by atoms with Crippen LogP contribution in [0.4, 0.5) is 0 Å². The van der Waals surface area contributed by atoms with E-state index in [-0.39, 0.29) is 6.42 Å². The van der Waals surface area contributed by atoms with Gasteiger partial charge in [0.1, 0.15) is 0 Å². The standard InChI is InChI=1S/C19H18INO2/c1-11(2)12-3-5-13(6-4-12)19-16(10-18(22)23)15-9-14(20)7-8-17(15)21-19/h3-9,11,21H,10H2,1-2H3,(H,22,23). The van der Waals surface area contributed by atoms with Crippen LogP contribution in [0.3, 0.4) is 0 Å². The lowest BCUT2D eigenvalue weighted by molar-refractivity contribution is -0.136. The fourth-order valence-electron chi connectivity index (χ4n) is 2.84. The second-order valence-electron chi connectivity index (χ2n) is 6.02. The van der Waals surface area contributed by atoms with Gasteiger partial charge in [-0.2, -0.15) is 0 Å². The molecule has 0 aliphatic carbocycles. The molecular formula is C19H18INO2. The Morgan fingerprint density at radius 2 is 1.87 bits per heavy atom. The maximum Gasteiger partial charge on any atom is 0.307 e. The third kappa shape index (κ3) is 3.27. The molecule has 0 spiro atoms. The molecule has 3 rings (SSSR count). The number of nitrogens with one attached hydrogen (secondary N) is 1. The molecule has 3 nitrogen and oxygen atoms in total. The highest BCUT2D eigenvalue weighted by Gasteiger charge is 2.16. The van der Waals surface area contributed by atoms with E-state index in [1.807, 2.05) is 18.2 Å². The van der Waals surface area contributed by atoms with Gasteiger partial charge in [-0.3, -0.25) is 4.79 Å². The number of rotatable bonds is 4. The van der Waals surface area contributed by atoms with E-state index in [4.69, 9.17) is 0 Å². The fourth-order valence-corrected chi connectivity index (χ4v) is 3.33. The van der Waals surface area contributed by atoms with E-state index in [1.165, 1.54) is 5.56 Å². The largest absolute Gasteiger partial charge is 0.481 e. The van der Waals surface area contributed by atoms with Gasteiger partial charge in [-0.15, -0.1) is 0 Å². The summed E-state index contributed by atoms with van der Waals surface area (Å²) in [6.45, 7) is 4.32. The lowest BCUT2D eigenvalue weighted by atomic mass is 9.98. The smallest absolute Gasteiger partial charge is 0.307 e. The highest BCUT2D eigenvalue weighted by atomic mass is 127. The van der Waals surface area contributed by atoms with E-state index in [0.29, 0.717) is 5.92 Å². The van der Waals surface area contributed by atoms with E-state index in [2.05, 4.69) is 65.7 Å². The van der Waals surface area contributed by atoms with Crippen LogP contribution in [-0.2, 0) is 11.2 Å². The number of benzene rings is 2. The van der Waals surface area contributed by atoms with Gasteiger partial charge in [0.15, 0.2) is 0 Å². The Morgan fingerprint density at radius 1 is 1.17 bits per heavy atom. The minimum atomic E-state index is -0.815. The van der Waals surface area contributed by atoms with Gasteiger partial charge in [0.05, 0.1) is 12.1 Å². The molecule has 1 aromatic heterocycles. The van der Waals surface area contributed by atoms with Crippen molar-refractivity contribution in [3.8, 4) is 11.3 Å². The van der Waals surface area contributed by atoms with Gasteiger partial charge >= 0.3 is 5.97 Å². The van der Waals surface area contributed by atoms with Crippen LogP contribution < -0.4 is 0 Å². The zero-order valence-corrected chi connectivity index (χ0v) is 15.2. The molecule has 118 valence electrons. The van der Waals surface area contributed by atoms with Crippen LogP contribution in [0.15, 0.2) is 42.5 Å². The molecule has 3 aromatic rings. The maximum absolute atomic E-state index is 11.3. The van der Waals surface area contributed by atoms with Crippen molar-refractivity contribution in [2.24, 2.45) is 0 Å².